The second-order valence-electron chi connectivity index (χ2n) is 16.1. The van der Waals surface area contributed by atoms with E-state index < -0.39 is 18.1 Å². The molecule has 1 N–H and O–H groups in total. The van der Waals surface area contributed by atoms with Crippen molar-refractivity contribution in [3.8, 4) is 28.0 Å². The van der Waals surface area contributed by atoms with Gasteiger partial charge >= 0.3 is 5.97 Å². The number of ether oxygens (including phenoxy) is 1. The van der Waals surface area contributed by atoms with E-state index in [1.165, 1.54) is 17.0 Å². The number of fused-ring (bicyclic) bond motifs is 1. The Labute approximate surface area is 347 Å². The summed E-state index contributed by atoms with van der Waals surface area (Å²) in [6, 6.07) is 41.4. The standard InChI is InChI=1S/C49H53N5O5/c1-50(43(32-52-27-9-10-28-52)39-21-17-37(18-22-39)35-13-5-3-6-14-35)46(55)34-54-42-31-41(49(57)58)25-26-45(42)59-48(47(54)56)51(2)44(33-53-29-11-12-30-53)40-23-19-38(20-24-40)36-15-7-4-8-16-36/h3-8,13-26,31,43-44,48H,9-12,27-30,32-34H2,1-2H3,(H,57,58). The highest BCUT2D eigenvalue weighted by molar-refractivity contribution is 6.05. The number of hydrogen-bond donors (Lipinski definition) is 1. The summed E-state index contributed by atoms with van der Waals surface area (Å²) in [4.78, 5) is 51.7. The third-order valence-electron chi connectivity index (χ3n) is 12.3. The number of likely N-dealkylation sites (N-methyl/N-ethyl adjacent to an activating group) is 2. The van der Waals surface area contributed by atoms with Crippen LogP contribution in [0, 0.1) is 0 Å². The van der Waals surface area contributed by atoms with Crippen molar-refractivity contribution in [2.45, 2.75) is 44.0 Å². The van der Waals surface area contributed by atoms with Crippen LogP contribution in [0.3, 0.4) is 0 Å². The number of amides is 2. The molecule has 0 aliphatic carbocycles. The Morgan fingerprint density at radius 3 is 1.64 bits per heavy atom. The fraction of sp³-hybridized carbons (Fsp3) is 0.327. The van der Waals surface area contributed by atoms with E-state index in [-0.39, 0.29) is 35.8 Å². The first-order valence-corrected chi connectivity index (χ1v) is 20.8. The summed E-state index contributed by atoms with van der Waals surface area (Å²) in [6.07, 6.45) is 3.42. The smallest absolute Gasteiger partial charge is 0.335 e. The summed E-state index contributed by atoms with van der Waals surface area (Å²) in [5, 5.41) is 9.97. The Morgan fingerprint density at radius 2 is 1.14 bits per heavy atom. The molecule has 2 fully saturated rings. The zero-order chi connectivity index (χ0) is 40.9. The SMILES string of the molecule is CN(C(=O)CN1C(=O)C(N(C)C(CN2CCCC2)c2ccc(-c3ccccc3)cc2)Oc2ccc(C(=O)O)cc21)C(CN1CCCC1)c1ccc(-c2ccccc2)cc1. The second-order valence-corrected chi connectivity index (χ2v) is 16.1. The number of carbonyl (C=O) groups excluding carboxylic acids is 2. The van der Waals surface area contributed by atoms with Crippen molar-refractivity contribution in [1.29, 1.82) is 0 Å². The summed E-state index contributed by atoms with van der Waals surface area (Å²) in [7, 11) is 3.71. The monoisotopic (exact) mass is 791 g/mol. The molecular formula is C49H53N5O5. The molecule has 2 saturated heterocycles. The van der Waals surface area contributed by atoms with Crippen molar-refractivity contribution in [3.05, 3.63) is 144 Å². The Balaban J connectivity index is 1.09. The number of rotatable bonds is 14. The summed E-state index contributed by atoms with van der Waals surface area (Å²) < 4.78 is 6.52. The number of carbonyl (C=O) groups is 3. The van der Waals surface area contributed by atoms with Crippen molar-refractivity contribution in [2.24, 2.45) is 0 Å². The van der Waals surface area contributed by atoms with Crippen LogP contribution in [-0.4, -0.2) is 109 Å². The lowest BCUT2D eigenvalue weighted by atomic mass is 9.99. The van der Waals surface area contributed by atoms with E-state index in [1.54, 1.807) is 11.0 Å². The number of aromatic carboxylic acids is 1. The molecule has 3 aliphatic heterocycles. The molecule has 59 heavy (non-hydrogen) atoms. The lowest BCUT2D eigenvalue weighted by Crippen LogP contribution is -2.57. The van der Waals surface area contributed by atoms with E-state index in [4.69, 9.17) is 4.74 Å². The Kier molecular flexibility index (Phi) is 12.2. The Morgan fingerprint density at radius 1 is 0.661 bits per heavy atom. The Bertz CT molecular complexity index is 2220. The third kappa shape index (κ3) is 8.95. The van der Waals surface area contributed by atoms with Gasteiger partial charge < -0.3 is 24.5 Å². The number of hydrogen-bond acceptors (Lipinski definition) is 7. The number of nitrogens with zero attached hydrogens (tertiary/aromatic N) is 5. The van der Waals surface area contributed by atoms with Gasteiger partial charge in [-0.05, 0) is 110 Å². The van der Waals surface area contributed by atoms with Gasteiger partial charge in [-0.1, -0.05) is 109 Å². The van der Waals surface area contributed by atoms with E-state index in [2.05, 4.69) is 82.6 Å². The molecule has 5 aromatic rings. The second kappa shape index (κ2) is 18.0. The molecule has 3 heterocycles. The molecule has 10 heteroatoms. The molecule has 0 spiro atoms. The summed E-state index contributed by atoms with van der Waals surface area (Å²) in [5.74, 6) is -1.45. The van der Waals surface area contributed by atoms with Gasteiger partial charge in [0.1, 0.15) is 12.3 Å². The summed E-state index contributed by atoms with van der Waals surface area (Å²) in [6.45, 7) is 4.98. The molecule has 0 radical (unpaired) electrons. The van der Waals surface area contributed by atoms with Crippen LogP contribution in [0.4, 0.5) is 5.69 Å². The largest absolute Gasteiger partial charge is 0.478 e. The van der Waals surface area contributed by atoms with Gasteiger partial charge in [0.05, 0.1) is 23.3 Å². The lowest BCUT2D eigenvalue weighted by Gasteiger charge is -2.42. The molecule has 304 valence electrons. The van der Waals surface area contributed by atoms with Gasteiger partial charge in [0, 0.05) is 20.1 Å². The zero-order valence-electron chi connectivity index (χ0n) is 34.0. The molecule has 3 aliphatic rings. The minimum Gasteiger partial charge on any atom is -0.478 e. The first-order valence-electron chi connectivity index (χ1n) is 20.8. The Hall–Kier alpha value is -5.81. The minimum atomic E-state index is -1.13. The van der Waals surface area contributed by atoms with E-state index >= 15 is 0 Å². The average molecular weight is 792 g/mol. The van der Waals surface area contributed by atoms with Crippen LogP contribution in [0.5, 0.6) is 5.75 Å². The third-order valence-corrected chi connectivity index (χ3v) is 12.3. The van der Waals surface area contributed by atoms with Gasteiger partial charge in [0.15, 0.2) is 0 Å². The zero-order valence-corrected chi connectivity index (χ0v) is 34.0. The number of likely N-dealkylation sites (tertiary alicyclic amines) is 2. The van der Waals surface area contributed by atoms with E-state index in [0.29, 0.717) is 18.8 Å². The molecule has 0 aromatic heterocycles. The highest BCUT2D eigenvalue weighted by atomic mass is 16.5. The van der Waals surface area contributed by atoms with Crippen LogP contribution >= 0.6 is 0 Å². The van der Waals surface area contributed by atoms with Crippen molar-refractivity contribution in [3.63, 3.8) is 0 Å². The molecule has 3 unspecified atom stereocenters. The topological polar surface area (TPSA) is 96.9 Å². The van der Waals surface area contributed by atoms with Gasteiger partial charge in [-0.25, -0.2) is 4.79 Å². The quantitative estimate of drug-likeness (QED) is 0.122. The molecule has 5 aromatic carbocycles. The number of benzene rings is 5. The van der Waals surface area contributed by atoms with Gasteiger partial charge in [-0.2, -0.15) is 0 Å². The van der Waals surface area contributed by atoms with Crippen molar-refractivity contribution < 1.29 is 24.2 Å². The molecular weight excluding hydrogens is 739 g/mol. The van der Waals surface area contributed by atoms with E-state index in [1.807, 2.05) is 55.4 Å². The minimum absolute atomic E-state index is 0.00795. The predicted octanol–water partition coefficient (Wildman–Crippen LogP) is 7.83. The molecule has 0 bridgehead atoms. The van der Waals surface area contributed by atoms with Crippen LogP contribution in [0.1, 0.15) is 59.3 Å². The highest BCUT2D eigenvalue weighted by Crippen LogP contribution is 2.38. The number of anilines is 1. The summed E-state index contributed by atoms with van der Waals surface area (Å²) >= 11 is 0. The summed E-state index contributed by atoms with van der Waals surface area (Å²) in [5.41, 5.74) is 6.79. The maximum atomic E-state index is 14.9. The molecule has 3 atom stereocenters. The molecule has 0 saturated carbocycles. The fourth-order valence-corrected chi connectivity index (χ4v) is 8.79. The first kappa shape index (κ1) is 40.0. The van der Waals surface area contributed by atoms with Crippen molar-refractivity contribution in [2.75, 3.05) is 64.8 Å². The molecule has 10 nitrogen and oxygen atoms in total. The molecule has 8 rings (SSSR count). The van der Waals surface area contributed by atoms with E-state index in [9.17, 15) is 19.5 Å². The normalized spacial score (nSPS) is 18.1. The van der Waals surface area contributed by atoms with Crippen LogP contribution in [0.25, 0.3) is 22.3 Å². The number of carboxylic acid groups (broad SMARTS) is 1. The lowest BCUT2D eigenvalue weighted by molar-refractivity contribution is -0.139. The average Bonchev–Trinajstić information content (AvgIpc) is 4.01. The van der Waals surface area contributed by atoms with Crippen molar-refractivity contribution in [1.82, 2.24) is 19.6 Å². The predicted molar refractivity (Wildman–Crippen MR) is 231 cm³/mol. The molecule has 2 amide bonds. The van der Waals surface area contributed by atoms with Crippen LogP contribution in [0.15, 0.2) is 127 Å². The maximum Gasteiger partial charge on any atom is 0.335 e. The van der Waals surface area contributed by atoms with Gasteiger partial charge in [0.2, 0.25) is 12.1 Å². The van der Waals surface area contributed by atoms with Crippen LogP contribution in [0.2, 0.25) is 0 Å². The van der Waals surface area contributed by atoms with Crippen LogP contribution < -0.4 is 9.64 Å². The van der Waals surface area contributed by atoms with Gasteiger partial charge in [-0.3, -0.25) is 19.4 Å². The van der Waals surface area contributed by atoms with E-state index in [0.717, 1.165) is 85.2 Å². The maximum absolute atomic E-state index is 14.9. The fourth-order valence-electron chi connectivity index (χ4n) is 8.79. The van der Waals surface area contributed by atoms with Crippen molar-refractivity contribution >= 4 is 23.5 Å². The first-order chi connectivity index (χ1) is 28.7. The van der Waals surface area contributed by atoms with Gasteiger partial charge in [0.25, 0.3) is 5.91 Å². The number of carboxylic acids is 1. The van der Waals surface area contributed by atoms with Crippen LogP contribution in [-0.2, 0) is 9.59 Å². The highest BCUT2D eigenvalue weighted by Gasteiger charge is 2.42. The van der Waals surface area contributed by atoms with Gasteiger partial charge in [-0.15, -0.1) is 0 Å².